The standard InChI is InChI=1S/C13H11N7O2S/c1-8-3-4-10(5-9(8)2)19-13(16-17-18-19)23-12-14-6-11(7-15-12)20(21)22/h3-7H,1-2H3. The summed E-state index contributed by atoms with van der Waals surface area (Å²) in [5, 5.41) is 23.0. The molecule has 0 amide bonds. The zero-order valence-electron chi connectivity index (χ0n) is 12.2. The van der Waals surface area contributed by atoms with E-state index in [1.54, 1.807) is 4.68 Å². The fourth-order valence-corrected chi connectivity index (χ4v) is 2.48. The Morgan fingerprint density at radius 3 is 2.57 bits per heavy atom. The van der Waals surface area contributed by atoms with Crippen LogP contribution in [0.5, 0.6) is 0 Å². The minimum absolute atomic E-state index is 0.164. The Bertz CT molecular complexity index is 863. The smallest absolute Gasteiger partial charge is 0.258 e. The SMILES string of the molecule is Cc1ccc(-n2nnnc2Sc2ncc([N+](=O)[O-])cn2)cc1C. The zero-order valence-corrected chi connectivity index (χ0v) is 13.1. The van der Waals surface area contributed by atoms with Crippen molar-refractivity contribution in [2.75, 3.05) is 0 Å². The lowest BCUT2D eigenvalue weighted by Gasteiger charge is -2.06. The van der Waals surface area contributed by atoms with Crippen LogP contribution < -0.4 is 0 Å². The molecule has 0 aliphatic heterocycles. The maximum atomic E-state index is 10.6. The molecule has 2 heterocycles. The molecule has 0 saturated heterocycles. The van der Waals surface area contributed by atoms with Crippen molar-refractivity contribution >= 4 is 17.4 Å². The molecule has 3 aromatic rings. The van der Waals surface area contributed by atoms with E-state index in [0.29, 0.717) is 10.3 Å². The molecule has 10 heteroatoms. The van der Waals surface area contributed by atoms with E-state index in [1.165, 1.54) is 5.56 Å². The van der Waals surface area contributed by atoms with Crippen LogP contribution in [0.1, 0.15) is 11.1 Å². The van der Waals surface area contributed by atoms with Gasteiger partial charge in [-0.3, -0.25) is 10.1 Å². The molecule has 23 heavy (non-hydrogen) atoms. The van der Waals surface area contributed by atoms with Gasteiger partial charge in [-0.05, 0) is 59.3 Å². The third-order valence-electron chi connectivity index (χ3n) is 3.18. The lowest BCUT2D eigenvalue weighted by atomic mass is 10.1. The van der Waals surface area contributed by atoms with E-state index in [2.05, 4.69) is 25.5 Å². The summed E-state index contributed by atoms with van der Waals surface area (Å²) >= 11 is 1.13. The third-order valence-corrected chi connectivity index (χ3v) is 4.01. The Morgan fingerprint density at radius 2 is 1.91 bits per heavy atom. The molecule has 0 atom stereocenters. The molecule has 0 radical (unpaired) electrons. The molecule has 0 aliphatic carbocycles. The van der Waals surface area contributed by atoms with Crippen LogP contribution in [0.3, 0.4) is 0 Å². The van der Waals surface area contributed by atoms with E-state index in [1.807, 2.05) is 32.0 Å². The second kappa shape index (κ2) is 6.08. The molecule has 2 aromatic heterocycles. The molecule has 0 saturated carbocycles. The molecular weight excluding hydrogens is 318 g/mol. The van der Waals surface area contributed by atoms with Gasteiger partial charge in [0.1, 0.15) is 12.4 Å². The lowest BCUT2D eigenvalue weighted by Crippen LogP contribution is -2.00. The highest BCUT2D eigenvalue weighted by Crippen LogP contribution is 2.25. The van der Waals surface area contributed by atoms with Crippen LogP contribution in [0.25, 0.3) is 5.69 Å². The Hall–Kier alpha value is -2.88. The highest BCUT2D eigenvalue weighted by atomic mass is 32.2. The van der Waals surface area contributed by atoms with Crippen LogP contribution in [0.4, 0.5) is 5.69 Å². The van der Waals surface area contributed by atoms with E-state index in [9.17, 15) is 10.1 Å². The van der Waals surface area contributed by atoms with E-state index >= 15 is 0 Å². The van der Waals surface area contributed by atoms with Gasteiger partial charge in [0.15, 0.2) is 5.16 Å². The molecule has 116 valence electrons. The van der Waals surface area contributed by atoms with Gasteiger partial charge >= 0.3 is 5.69 Å². The molecule has 0 bridgehead atoms. The van der Waals surface area contributed by atoms with E-state index < -0.39 is 4.92 Å². The number of hydrogen-bond acceptors (Lipinski definition) is 8. The molecule has 0 fully saturated rings. The van der Waals surface area contributed by atoms with Crippen LogP contribution in [0, 0.1) is 24.0 Å². The zero-order chi connectivity index (χ0) is 16.4. The number of aromatic nitrogens is 6. The second-order valence-electron chi connectivity index (χ2n) is 4.72. The number of rotatable bonds is 4. The van der Waals surface area contributed by atoms with E-state index in [0.717, 1.165) is 35.4 Å². The fourth-order valence-electron chi connectivity index (χ4n) is 1.80. The minimum atomic E-state index is -0.548. The summed E-state index contributed by atoms with van der Waals surface area (Å²) in [4.78, 5) is 17.9. The number of hydrogen-bond donors (Lipinski definition) is 0. The highest BCUT2D eigenvalue weighted by Gasteiger charge is 2.14. The van der Waals surface area contributed by atoms with Crippen molar-refractivity contribution in [3.63, 3.8) is 0 Å². The number of nitrogens with zero attached hydrogens (tertiary/aromatic N) is 7. The van der Waals surface area contributed by atoms with Gasteiger partial charge in [0.2, 0.25) is 5.16 Å². The maximum absolute atomic E-state index is 10.6. The molecule has 3 rings (SSSR count). The van der Waals surface area contributed by atoms with Gasteiger partial charge in [-0.1, -0.05) is 6.07 Å². The summed E-state index contributed by atoms with van der Waals surface area (Å²) in [5.41, 5.74) is 2.96. The number of benzene rings is 1. The van der Waals surface area contributed by atoms with Crippen molar-refractivity contribution < 1.29 is 4.92 Å². The molecule has 1 aromatic carbocycles. The molecule has 0 aliphatic rings. The fraction of sp³-hybridized carbons (Fsp3) is 0.154. The summed E-state index contributed by atoms with van der Waals surface area (Å²) < 4.78 is 1.57. The van der Waals surface area contributed by atoms with Gasteiger partial charge < -0.3 is 0 Å². The normalized spacial score (nSPS) is 10.7. The molecule has 9 nitrogen and oxygen atoms in total. The molecule has 0 N–H and O–H groups in total. The minimum Gasteiger partial charge on any atom is -0.258 e. The van der Waals surface area contributed by atoms with E-state index in [4.69, 9.17) is 0 Å². The average molecular weight is 329 g/mol. The van der Waals surface area contributed by atoms with Gasteiger partial charge in [-0.15, -0.1) is 5.10 Å². The summed E-state index contributed by atoms with van der Waals surface area (Å²) in [6.07, 6.45) is 2.30. The van der Waals surface area contributed by atoms with Crippen molar-refractivity contribution in [3.8, 4) is 5.69 Å². The second-order valence-corrected chi connectivity index (χ2v) is 5.66. The van der Waals surface area contributed by atoms with Crippen molar-refractivity contribution in [2.24, 2.45) is 0 Å². The maximum Gasteiger partial charge on any atom is 0.305 e. The van der Waals surface area contributed by atoms with Crippen molar-refractivity contribution in [3.05, 3.63) is 51.8 Å². The Kier molecular flexibility index (Phi) is 3.98. The van der Waals surface area contributed by atoms with Crippen LogP contribution in [-0.2, 0) is 0 Å². The van der Waals surface area contributed by atoms with Crippen molar-refractivity contribution in [2.45, 2.75) is 24.2 Å². The average Bonchev–Trinajstić information content (AvgIpc) is 2.99. The highest BCUT2D eigenvalue weighted by molar-refractivity contribution is 7.99. The largest absolute Gasteiger partial charge is 0.305 e. The third kappa shape index (κ3) is 3.16. The monoisotopic (exact) mass is 329 g/mol. The predicted octanol–water partition coefficient (Wildman–Crippen LogP) is 2.13. The van der Waals surface area contributed by atoms with Gasteiger partial charge in [-0.2, -0.15) is 4.68 Å². The summed E-state index contributed by atoms with van der Waals surface area (Å²) in [5.74, 6) is 0. The van der Waals surface area contributed by atoms with Crippen LogP contribution in [0.2, 0.25) is 0 Å². The quantitative estimate of drug-likeness (QED) is 0.406. The Balaban J connectivity index is 1.88. The first-order valence-electron chi connectivity index (χ1n) is 6.55. The van der Waals surface area contributed by atoms with Crippen LogP contribution in [-0.4, -0.2) is 35.1 Å². The topological polar surface area (TPSA) is 113 Å². The Labute approximate surface area is 134 Å². The number of aryl methyl sites for hydroxylation is 2. The first-order chi connectivity index (χ1) is 11.0. The summed E-state index contributed by atoms with van der Waals surface area (Å²) in [7, 11) is 0. The van der Waals surface area contributed by atoms with Gasteiger partial charge in [0.05, 0.1) is 10.6 Å². The van der Waals surface area contributed by atoms with E-state index in [-0.39, 0.29) is 5.69 Å². The van der Waals surface area contributed by atoms with Crippen LogP contribution in [0.15, 0.2) is 40.9 Å². The van der Waals surface area contributed by atoms with Crippen molar-refractivity contribution in [1.82, 2.24) is 30.2 Å². The first-order valence-corrected chi connectivity index (χ1v) is 7.36. The Morgan fingerprint density at radius 1 is 1.17 bits per heavy atom. The number of tetrazole rings is 1. The summed E-state index contributed by atoms with van der Waals surface area (Å²) in [6, 6.07) is 5.88. The van der Waals surface area contributed by atoms with Gasteiger partial charge in [-0.25, -0.2) is 9.97 Å². The summed E-state index contributed by atoms with van der Waals surface area (Å²) in [6.45, 7) is 4.04. The van der Waals surface area contributed by atoms with Crippen LogP contribution >= 0.6 is 11.8 Å². The lowest BCUT2D eigenvalue weighted by molar-refractivity contribution is -0.385. The molecule has 0 unspecified atom stereocenters. The van der Waals surface area contributed by atoms with Gasteiger partial charge in [0, 0.05) is 0 Å². The first kappa shape index (κ1) is 15.0. The predicted molar refractivity (Wildman–Crippen MR) is 81.4 cm³/mol. The molecular formula is C13H11N7O2S. The molecule has 0 spiro atoms. The van der Waals surface area contributed by atoms with Gasteiger partial charge in [0.25, 0.3) is 0 Å². The number of nitro groups is 1. The van der Waals surface area contributed by atoms with Crippen molar-refractivity contribution in [1.29, 1.82) is 0 Å².